The van der Waals surface area contributed by atoms with Crippen LogP contribution in [-0.2, 0) is 30.3 Å². The van der Waals surface area contributed by atoms with Gasteiger partial charge in [0.1, 0.15) is 11.2 Å². The Bertz CT molecular complexity index is 2110. The third-order valence-corrected chi connectivity index (χ3v) is 9.91. The summed E-state index contributed by atoms with van der Waals surface area (Å²) >= 11 is 0. The summed E-state index contributed by atoms with van der Waals surface area (Å²) in [6.45, 7) is 16.9. The quantitative estimate of drug-likeness (QED) is 0.0894. The average Bonchev–Trinajstić information content (AvgIpc) is 3.48. The summed E-state index contributed by atoms with van der Waals surface area (Å²) in [7, 11) is 0. The Hall–Kier alpha value is -4.05. The van der Waals surface area contributed by atoms with Crippen molar-refractivity contribution < 1.29 is 34.4 Å². The van der Waals surface area contributed by atoms with E-state index in [1.807, 2.05) is 52.1 Å². The molecule has 0 unspecified atom stereocenters. The van der Waals surface area contributed by atoms with Crippen molar-refractivity contribution in [1.29, 1.82) is 0 Å². The standard InChI is InChI=1S/C32H26NO.C13H24O2.Ir/c1-20-22(10-7-11-23(20)28-19-21(17-18-33-28)32(2,3)4)24-12-8-13-26-25(24)15-16-30-31(26)27-9-5-6-14-29(27)34-30;1-5-10(6-2)12(14)9-13(15)11(7-3)8-4;/h5-10,12-19H,1-4H3;9-11,14H,5-8H2,1-4H3;/q-1;;/b;12-9-;. The second kappa shape index (κ2) is 16.8. The topological polar surface area (TPSA) is 63.3 Å². The zero-order valence-corrected chi connectivity index (χ0v) is 33.1. The number of benzene rings is 4. The molecule has 0 atom stereocenters. The Kier molecular flexibility index (Phi) is 13.0. The molecule has 0 aliphatic rings. The average molecular weight is 845 g/mol. The predicted octanol–water partition coefficient (Wildman–Crippen LogP) is 12.7. The van der Waals surface area contributed by atoms with Crippen LogP contribution in [-0.4, -0.2) is 15.9 Å². The fourth-order valence-corrected chi connectivity index (χ4v) is 6.76. The molecule has 0 saturated heterocycles. The first-order valence-corrected chi connectivity index (χ1v) is 17.8. The molecule has 0 aliphatic carbocycles. The van der Waals surface area contributed by atoms with Gasteiger partial charge in [-0.2, -0.15) is 0 Å². The molecule has 1 N–H and O–H groups in total. The summed E-state index contributed by atoms with van der Waals surface area (Å²) < 4.78 is 6.13. The number of aliphatic hydroxyl groups is 1. The number of carbonyl (C=O) groups is 1. The number of para-hydroxylation sites is 1. The Morgan fingerprint density at radius 3 is 2.18 bits per heavy atom. The molecular weight excluding hydrogens is 795 g/mol. The number of nitrogens with zero attached hydrogens (tertiary/aromatic N) is 1. The first-order chi connectivity index (χ1) is 23.5. The number of ketones is 1. The van der Waals surface area contributed by atoms with Crippen LogP contribution in [0.5, 0.6) is 0 Å². The molecule has 263 valence electrons. The van der Waals surface area contributed by atoms with Crippen LogP contribution < -0.4 is 0 Å². The zero-order valence-electron chi connectivity index (χ0n) is 30.7. The number of carbonyl (C=O) groups excluding carboxylic acids is 1. The molecule has 0 bridgehead atoms. The molecule has 2 aromatic heterocycles. The van der Waals surface area contributed by atoms with Crippen molar-refractivity contribution in [2.75, 3.05) is 0 Å². The largest absolute Gasteiger partial charge is 0.512 e. The predicted molar refractivity (Wildman–Crippen MR) is 206 cm³/mol. The number of aromatic nitrogens is 1. The van der Waals surface area contributed by atoms with Crippen LogP contribution in [0.4, 0.5) is 0 Å². The van der Waals surface area contributed by atoms with E-state index in [0.717, 1.165) is 53.5 Å². The third kappa shape index (κ3) is 8.12. The molecule has 0 spiro atoms. The molecule has 6 rings (SSSR count). The summed E-state index contributed by atoms with van der Waals surface area (Å²) in [5.41, 5.74) is 8.81. The van der Waals surface area contributed by atoms with E-state index < -0.39 is 0 Å². The van der Waals surface area contributed by atoms with Gasteiger partial charge >= 0.3 is 0 Å². The maximum atomic E-state index is 11.7. The molecule has 4 aromatic carbocycles. The van der Waals surface area contributed by atoms with Gasteiger partial charge < -0.3 is 14.5 Å². The summed E-state index contributed by atoms with van der Waals surface area (Å²) in [6, 6.07) is 31.1. The number of hydrogen-bond donors (Lipinski definition) is 1. The van der Waals surface area contributed by atoms with E-state index >= 15 is 0 Å². The van der Waals surface area contributed by atoms with Gasteiger partial charge in [0.2, 0.25) is 0 Å². The number of allylic oxidation sites excluding steroid dienone is 2. The van der Waals surface area contributed by atoms with E-state index in [1.165, 1.54) is 44.5 Å². The van der Waals surface area contributed by atoms with Crippen molar-refractivity contribution in [2.45, 2.75) is 86.5 Å². The van der Waals surface area contributed by atoms with Crippen molar-refractivity contribution >= 4 is 38.5 Å². The van der Waals surface area contributed by atoms with Crippen LogP contribution in [0.15, 0.2) is 101 Å². The molecule has 0 fully saturated rings. The number of furan rings is 1. The molecule has 0 amide bonds. The number of fused-ring (bicyclic) bond motifs is 5. The van der Waals surface area contributed by atoms with Crippen LogP contribution >= 0.6 is 0 Å². The van der Waals surface area contributed by atoms with Crippen molar-refractivity contribution in [3.05, 3.63) is 114 Å². The van der Waals surface area contributed by atoms with Crippen LogP contribution in [0.25, 0.3) is 55.1 Å². The molecule has 4 nitrogen and oxygen atoms in total. The minimum Gasteiger partial charge on any atom is -0.512 e. The number of rotatable bonds is 9. The molecule has 0 aliphatic heterocycles. The number of hydrogen-bond acceptors (Lipinski definition) is 4. The molecule has 2 heterocycles. The van der Waals surface area contributed by atoms with Gasteiger partial charge in [-0.1, -0.05) is 109 Å². The van der Waals surface area contributed by atoms with Crippen molar-refractivity contribution in [3.8, 4) is 22.4 Å². The van der Waals surface area contributed by atoms with Gasteiger partial charge in [0.15, 0.2) is 5.78 Å². The summed E-state index contributed by atoms with van der Waals surface area (Å²) in [4.78, 5) is 16.4. The Labute approximate surface area is 311 Å². The smallest absolute Gasteiger partial charge is 0.162 e. The SMILES string of the molecule is CCC(CC)C(=O)/C=C(\O)C(CC)CC.Cc1c(-c2cc(C(C)(C)C)ccn2)[c-]ccc1-c1cccc2c1ccc1oc3ccccc3c12.[Ir]. The van der Waals surface area contributed by atoms with Gasteiger partial charge in [-0.25, -0.2) is 0 Å². The Balaban J connectivity index is 0.000000301. The Morgan fingerprint density at radius 1 is 0.820 bits per heavy atom. The van der Waals surface area contributed by atoms with E-state index in [1.54, 1.807) is 0 Å². The molecular formula is C45H50IrNO3-. The van der Waals surface area contributed by atoms with Gasteiger partial charge in [0.25, 0.3) is 0 Å². The molecule has 1 radical (unpaired) electrons. The maximum Gasteiger partial charge on any atom is 0.162 e. The van der Waals surface area contributed by atoms with E-state index in [-0.39, 0.29) is 48.9 Å². The van der Waals surface area contributed by atoms with Crippen molar-refractivity contribution in [1.82, 2.24) is 4.98 Å². The number of pyridine rings is 1. The van der Waals surface area contributed by atoms with Gasteiger partial charge in [-0.3, -0.25) is 4.79 Å². The molecule has 0 saturated carbocycles. The van der Waals surface area contributed by atoms with Gasteiger partial charge in [0.05, 0.1) is 5.76 Å². The van der Waals surface area contributed by atoms with Gasteiger partial charge in [0, 0.05) is 55.0 Å². The second-order valence-electron chi connectivity index (χ2n) is 14.0. The summed E-state index contributed by atoms with van der Waals surface area (Å²) in [5, 5.41) is 14.5. The van der Waals surface area contributed by atoms with Crippen LogP contribution in [0, 0.1) is 24.8 Å². The van der Waals surface area contributed by atoms with Crippen LogP contribution in [0.1, 0.15) is 85.3 Å². The molecule has 5 heteroatoms. The zero-order chi connectivity index (χ0) is 35.3. The van der Waals surface area contributed by atoms with E-state index in [9.17, 15) is 9.90 Å². The monoisotopic (exact) mass is 845 g/mol. The summed E-state index contributed by atoms with van der Waals surface area (Å²) in [5.74, 6) is 0.547. The summed E-state index contributed by atoms with van der Waals surface area (Å²) in [6.07, 6.45) is 6.82. The van der Waals surface area contributed by atoms with E-state index in [2.05, 4.69) is 94.4 Å². The van der Waals surface area contributed by atoms with E-state index in [4.69, 9.17) is 9.40 Å². The first kappa shape index (κ1) is 38.7. The van der Waals surface area contributed by atoms with Crippen molar-refractivity contribution in [3.63, 3.8) is 0 Å². The van der Waals surface area contributed by atoms with Crippen LogP contribution in [0.2, 0.25) is 0 Å². The normalized spacial score (nSPS) is 12.0. The van der Waals surface area contributed by atoms with E-state index in [0.29, 0.717) is 0 Å². The van der Waals surface area contributed by atoms with Gasteiger partial charge in [-0.15, -0.1) is 29.3 Å². The molecule has 50 heavy (non-hydrogen) atoms. The third-order valence-electron chi connectivity index (χ3n) is 9.91. The van der Waals surface area contributed by atoms with Crippen molar-refractivity contribution in [2.24, 2.45) is 11.8 Å². The minimum absolute atomic E-state index is 0. The fourth-order valence-electron chi connectivity index (χ4n) is 6.76. The van der Waals surface area contributed by atoms with Gasteiger partial charge in [-0.05, 0) is 76.9 Å². The maximum absolute atomic E-state index is 11.7. The minimum atomic E-state index is 0. The molecule has 6 aromatic rings. The van der Waals surface area contributed by atoms with Crippen LogP contribution in [0.3, 0.4) is 0 Å². The fraction of sp³-hybridized carbons (Fsp3) is 0.333. The first-order valence-electron chi connectivity index (χ1n) is 17.8. The number of aliphatic hydroxyl groups excluding tert-OH is 1. The second-order valence-corrected chi connectivity index (χ2v) is 14.0. The Morgan fingerprint density at radius 2 is 1.50 bits per heavy atom.